The van der Waals surface area contributed by atoms with E-state index in [1.165, 1.54) is 0 Å². The maximum atomic E-state index is 9.55. The van der Waals surface area contributed by atoms with Gasteiger partial charge in [0.2, 0.25) is 0 Å². The Morgan fingerprint density at radius 1 is 0.929 bits per heavy atom. The smallest absolute Gasteiger partial charge is 0.327 e. The van der Waals surface area contributed by atoms with Gasteiger partial charge < -0.3 is 23.8 Å². The number of aromatic nitrogens is 4. The highest BCUT2D eigenvalue weighted by Gasteiger charge is 2.21. The van der Waals surface area contributed by atoms with Crippen molar-refractivity contribution in [3.63, 3.8) is 0 Å². The number of rotatable bonds is 8. The zero-order valence-electron chi connectivity index (χ0n) is 23.9. The van der Waals surface area contributed by atoms with Gasteiger partial charge in [-0.1, -0.05) is 42.5 Å². The Labute approximate surface area is 244 Å². The number of nitriles is 1. The fourth-order valence-corrected chi connectivity index (χ4v) is 4.94. The van der Waals surface area contributed by atoms with Crippen molar-refractivity contribution in [1.82, 2.24) is 24.4 Å². The second kappa shape index (κ2) is 11.2. The zero-order chi connectivity index (χ0) is 29.2. The van der Waals surface area contributed by atoms with Gasteiger partial charge in [-0.3, -0.25) is 4.99 Å². The number of amidine groups is 1. The van der Waals surface area contributed by atoms with Crippen LogP contribution in [0.4, 0.5) is 5.69 Å². The third-order valence-electron chi connectivity index (χ3n) is 7.06. The minimum Gasteiger partial charge on any atom is -0.437 e. The summed E-state index contributed by atoms with van der Waals surface area (Å²) in [5.74, 6) is 3.05. The van der Waals surface area contributed by atoms with Crippen molar-refractivity contribution in [1.29, 1.82) is 5.26 Å². The molecule has 42 heavy (non-hydrogen) atoms. The summed E-state index contributed by atoms with van der Waals surface area (Å²) < 4.78 is 14.6. The van der Waals surface area contributed by atoms with E-state index in [0.717, 1.165) is 41.6 Å². The standard InChI is InChI=1S/C32H30N8O2/c1-21-35-28-30(40(21)20-22-9-6-5-7-10-22)36-32(42-25-12-8-11-23(17-25)29-34-15-16-39(29)4)37-31(28)41-26-14-13-24(19-33)27(18-26)38(2)3/h5-14,17-18H,15-16,20H2,1-4H3. The highest BCUT2D eigenvalue weighted by atomic mass is 16.5. The second-order valence-electron chi connectivity index (χ2n) is 10.3. The normalized spacial score (nSPS) is 12.7. The fourth-order valence-electron chi connectivity index (χ4n) is 4.94. The monoisotopic (exact) mass is 558 g/mol. The average Bonchev–Trinajstić information content (AvgIpc) is 3.56. The van der Waals surface area contributed by atoms with Gasteiger partial charge in [-0.15, -0.1) is 0 Å². The summed E-state index contributed by atoms with van der Waals surface area (Å²) in [7, 11) is 5.79. The molecule has 5 aromatic rings. The lowest BCUT2D eigenvalue weighted by Crippen LogP contribution is -2.23. The van der Waals surface area contributed by atoms with Crippen LogP contribution < -0.4 is 14.4 Å². The number of benzene rings is 3. The van der Waals surface area contributed by atoms with Gasteiger partial charge in [-0.05, 0) is 36.8 Å². The number of imidazole rings is 1. The molecule has 0 aliphatic carbocycles. The highest BCUT2D eigenvalue weighted by Crippen LogP contribution is 2.33. The summed E-state index contributed by atoms with van der Waals surface area (Å²) in [6.07, 6.45) is 0. The third kappa shape index (κ3) is 5.32. The SMILES string of the molecule is Cc1nc2c(Oc3ccc(C#N)c(N(C)C)c3)nc(Oc3cccc(C4=NCCN4C)c3)nc2n1Cc1ccccc1. The van der Waals surface area contributed by atoms with E-state index in [2.05, 4.69) is 33.1 Å². The molecule has 3 aromatic carbocycles. The molecule has 0 saturated carbocycles. The van der Waals surface area contributed by atoms with E-state index >= 15 is 0 Å². The molecule has 0 bridgehead atoms. The second-order valence-corrected chi connectivity index (χ2v) is 10.3. The maximum absolute atomic E-state index is 9.55. The van der Waals surface area contributed by atoms with E-state index in [1.54, 1.807) is 12.1 Å². The van der Waals surface area contributed by atoms with E-state index in [1.807, 2.05) is 86.1 Å². The number of nitrogens with zero attached hydrogens (tertiary/aromatic N) is 8. The number of aliphatic imine (C=N–C) groups is 1. The molecule has 10 nitrogen and oxygen atoms in total. The number of hydrogen-bond donors (Lipinski definition) is 0. The van der Waals surface area contributed by atoms with Crippen molar-refractivity contribution in [2.75, 3.05) is 39.1 Å². The molecular weight excluding hydrogens is 528 g/mol. The van der Waals surface area contributed by atoms with E-state index in [0.29, 0.717) is 34.8 Å². The van der Waals surface area contributed by atoms with Crippen molar-refractivity contribution in [3.05, 3.63) is 95.3 Å². The summed E-state index contributed by atoms with van der Waals surface area (Å²) in [6.45, 7) is 4.16. The topological polar surface area (TPSA) is 105 Å². The van der Waals surface area contributed by atoms with Crippen LogP contribution in [0.3, 0.4) is 0 Å². The molecule has 0 atom stereocenters. The summed E-state index contributed by atoms with van der Waals surface area (Å²) >= 11 is 0. The number of hydrogen-bond acceptors (Lipinski definition) is 9. The van der Waals surface area contributed by atoms with Gasteiger partial charge in [-0.2, -0.15) is 15.2 Å². The molecule has 0 fully saturated rings. The first-order chi connectivity index (χ1) is 20.4. The average molecular weight is 559 g/mol. The predicted molar refractivity (Wildman–Crippen MR) is 162 cm³/mol. The van der Waals surface area contributed by atoms with Crippen LogP contribution in [0.1, 0.15) is 22.5 Å². The van der Waals surface area contributed by atoms with Gasteiger partial charge >= 0.3 is 6.01 Å². The summed E-state index contributed by atoms with van der Waals surface area (Å²) in [5, 5.41) is 9.55. The first-order valence-corrected chi connectivity index (χ1v) is 13.6. The van der Waals surface area contributed by atoms with Crippen molar-refractivity contribution in [2.45, 2.75) is 13.5 Å². The van der Waals surface area contributed by atoms with Gasteiger partial charge in [0, 0.05) is 39.3 Å². The van der Waals surface area contributed by atoms with Crippen LogP contribution in [0, 0.1) is 18.3 Å². The molecular formula is C32H30N8O2. The van der Waals surface area contributed by atoms with Crippen LogP contribution in [0.15, 0.2) is 77.8 Å². The Balaban J connectivity index is 1.43. The molecule has 210 valence electrons. The fraction of sp³-hybridized carbons (Fsp3) is 0.219. The molecule has 0 unspecified atom stereocenters. The van der Waals surface area contributed by atoms with Gasteiger partial charge in [0.05, 0.1) is 24.3 Å². The van der Waals surface area contributed by atoms with Crippen molar-refractivity contribution in [3.8, 4) is 29.5 Å². The lowest BCUT2D eigenvalue weighted by atomic mass is 10.2. The minimum absolute atomic E-state index is 0.132. The highest BCUT2D eigenvalue weighted by molar-refractivity contribution is 5.99. The minimum atomic E-state index is 0.132. The van der Waals surface area contributed by atoms with Gasteiger partial charge in [-0.25, -0.2) is 4.98 Å². The summed E-state index contributed by atoms with van der Waals surface area (Å²) in [4.78, 5) is 22.9. The third-order valence-corrected chi connectivity index (χ3v) is 7.06. The first kappa shape index (κ1) is 26.8. The summed E-state index contributed by atoms with van der Waals surface area (Å²) in [5.41, 5.74) is 4.46. The molecule has 3 heterocycles. The molecule has 2 aromatic heterocycles. The van der Waals surface area contributed by atoms with E-state index in [-0.39, 0.29) is 11.9 Å². The lowest BCUT2D eigenvalue weighted by molar-refractivity contribution is 0.416. The van der Waals surface area contributed by atoms with Crippen LogP contribution in [-0.4, -0.2) is 64.5 Å². The van der Waals surface area contributed by atoms with Gasteiger partial charge in [0.1, 0.15) is 29.2 Å². The Bertz CT molecular complexity index is 1840. The van der Waals surface area contributed by atoms with Crippen LogP contribution in [0.5, 0.6) is 23.4 Å². The van der Waals surface area contributed by atoms with E-state index < -0.39 is 0 Å². The van der Waals surface area contributed by atoms with Crippen LogP contribution in [0.25, 0.3) is 11.2 Å². The lowest BCUT2D eigenvalue weighted by Gasteiger charge is -2.16. The molecule has 6 rings (SSSR count). The largest absolute Gasteiger partial charge is 0.437 e. The van der Waals surface area contributed by atoms with Crippen molar-refractivity contribution in [2.24, 2.45) is 4.99 Å². The summed E-state index contributed by atoms with van der Waals surface area (Å²) in [6, 6.07) is 25.5. The Morgan fingerprint density at radius 2 is 1.74 bits per heavy atom. The molecule has 0 N–H and O–H groups in total. The number of anilines is 1. The molecule has 0 amide bonds. The van der Waals surface area contributed by atoms with Crippen LogP contribution in [-0.2, 0) is 6.54 Å². The molecule has 1 aliphatic rings. The number of likely N-dealkylation sites (N-methyl/N-ethyl adjacent to an activating group) is 1. The molecule has 0 spiro atoms. The molecule has 10 heteroatoms. The number of ether oxygens (including phenoxy) is 2. The molecule has 1 aliphatic heterocycles. The van der Waals surface area contributed by atoms with Crippen molar-refractivity contribution < 1.29 is 9.47 Å². The van der Waals surface area contributed by atoms with Crippen LogP contribution >= 0.6 is 0 Å². The quantitative estimate of drug-likeness (QED) is 0.249. The molecule has 0 saturated heterocycles. The van der Waals surface area contributed by atoms with Crippen LogP contribution in [0.2, 0.25) is 0 Å². The Hall–Kier alpha value is -5.43. The number of aryl methyl sites for hydroxylation is 1. The van der Waals surface area contributed by atoms with Gasteiger partial charge in [0.25, 0.3) is 5.88 Å². The Kier molecular flexibility index (Phi) is 7.15. The zero-order valence-corrected chi connectivity index (χ0v) is 23.9. The maximum Gasteiger partial charge on any atom is 0.327 e. The van der Waals surface area contributed by atoms with E-state index in [4.69, 9.17) is 19.4 Å². The van der Waals surface area contributed by atoms with Gasteiger partial charge in [0.15, 0.2) is 11.2 Å². The van der Waals surface area contributed by atoms with E-state index in [9.17, 15) is 5.26 Å². The molecule has 0 radical (unpaired) electrons. The Morgan fingerprint density at radius 3 is 2.48 bits per heavy atom. The first-order valence-electron chi connectivity index (χ1n) is 13.6. The predicted octanol–water partition coefficient (Wildman–Crippen LogP) is 5.40. The van der Waals surface area contributed by atoms with Crippen molar-refractivity contribution >= 4 is 22.7 Å². The number of fused-ring (bicyclic) bond motifs is 1.